The lowest BCUT2D eigenvalue weighted by Gasteiger charge is -2.28. The van der Waals surface area contributed by atoms with Crippen LogP contribution in [0, 0.1) is 0 Å². The van der Waals surface area contributed by atoms with Gasteiger partial charge in [-0.15, -0.1) is 0 Å². The number of aliphatic hydroxyl groups excluding tert-OH is 1. The zero-order valence-electron chi connectivity index (χ0n) is 21.8. The molecule has 3 aromatic rings. The average molecular weight is 507 g/mol. The summed E-state index contributed by atoms with van der Waals surface area (Å²) < 4.78 is 16.8. The van der Waals surface area contributed by atoms with Crippen LogP contribution in [0.1, 0.15) is 49.4 Å². The van der Waals surface area contributed by atoms with Crippen LogP contribution < -0.4 is 9.47 Å². The molecule has 8 heteroatoms. The number of para-hydroxylation sites is 1. The van der Waals surface area contributed by atoms with E-state index in [1.54, 1.807) is 35.2 Å². The van der Waals surface area contributed by atoms with E-state index >= 15 is 0 Å². The number of nitrogens with zero attached hydrogens (tertiary/aromatic N) is 2. The maximum absolute atomic E-state index is 13.8. The molecule has 196 valence electrons. The molecule has 2 heterocycles. The first-order chi connectivity index (χ1) is 17.9. The first-order valence-corrected chi connectivity index (χ1v) is 12.7. The highest BCUT2D eigenvalue weighted by atomic mass is 16.5. The van der Waals surface area contributed by atoms with Crippen molar-refractivity contribution in [3.05, 3.63) is 71.2 Å². The number of ketones is 1. The van der Waals surface area contributed by atoms with E-state index < -0.39 is 23.5 Å². The number of Topliss-reactive ketones (excluding diaryl/α,β-unsaturated/α-hetero) is 1. The van der Waals surface area contributed by atoms with E-state index in [9.17, 15) is 14.7 Å². The fourth-order valence-electron chi connectivity index (χ4n) is 4.82. The van der Waals surface area contributed by atoms with Crippen molar-refractivity contribution >= 4 is 22.7 Å². The molecular weight excluding hydrogens is 472 g/mol. The second-order valence-corrected chi connectivity index (χ2v) is 8.86. The first-order valence-electron chi connectivity index (χ1n) is 12.7. The number of furan rings is 1. The van der Waals surface area contributed by atoms with Gasteiger partial charge in [0.25, 0.3) is 5.91 Å². The molecule has 37 heavy (non-hydrogen) atoms. The molecule has 1 unspecified atom stereocenters. The summed E-state index contributed by atoms with van der Waals surface area (Å²) in [6.07, 6.45) is 0.706. The van der Waals surface area contributed by atoms with Gasteiger partial charge in [0.2, 0.25) is 5.78 Å². The minimum absolute atomic E-state index is 0.00928. The van der Waals surface area contributed by atoms with Crippen molar-refractivity contribution in [1.29, 1.82) is 0 Å². The summed E-state index contributed by atoms with van der Waals surface area (Å²) in [6, 6.07) is 13.5. The lowest BCUT2D eigenvalue weighted by Crippen LogP contribution is -2.34. The molecular formula is C29H34N2O6. The molecule has 0 fully saturated rings. The monoisotopic (exact) mass is 506 g/mol. The number of hydrogen-bond acceptors (Lipinski definition) is 7. The van der Waals surface area contributed by atoms with Gasteiger partial charge in [-0.3, -0.25) is 9.59 Å². The molecule has 1 N–H and O–H groups in total. The van der Waals surface area contributed by atoms with Crippen molar-refractivity contribution in [3.8, 4) is 11.5 Å². The van der Waals surface area contributed by atoms with Crippen molar-refractivity contribution in [2.75, 3.05) is 39.9 Å². The molecule has 1 atom stereocenters. The summed E-state index contributed by atoms with van der Waals surface area (Å²) in [5.41, 5.74) is 1.15. The Labute approximate surface area is 217 Å². The van der Waals surface area contributed by atoms with E-state index in [0.717, 1.165) is 19.6 Å². The molecule has 0 saturated carbocycles. The van der Waals surface area contributed by atoms with Crippen LogP contribution in [0.2, 0.25) is 0 Å². The number of aliphatic hydroxyl groups is 1. The van der Waals surface area contributed by atoms with E-state index in [0.29, 0.717) is 47.6 Å². The van der Waals surface area contributed by atoms with Crippen LogP contribution in [-0.2, 0) is 4.79 Å². The fraction of sp³-hybridized carbons (Fsp3) is 0.379. The normalized spacial score (nSPS) is 15.8. The Morgan fingerprint density at radius 1 is 1.11 bits per heavy atom. The van der Waals surface area contributed by atoms with Gasteiger partial charge >= 0.3 is 0 Å². The second kappa shape index (κ2) is 11.5. The number of carbonyl (C=O) groups is 2. The average Bonchev–Trinajstić information content (AvgIpc) is 3.46. The molecule has 1 aliphatic heterocycles. The quantitative estimate of drug-likeness (QED) is 0.340. The maximum atomic E-state index is 13.8. The molecule has 0 radical (unpaired) electrons. The third-order valence-electron chi connectivity index (χ3n) is 6.77. The van der Waals surface area contributed by atoms with Crippen molar-refractivity contribution < 1.29 is 28.6 Å². The van der Waals surface area contributed by atoms with E-state index in [1.807, 2.05) is 25.1 Å². The maximum Gasteiger partial charge on any atom is 0.290 e. The SMILES string of the molecule is CCOc1ccc(C2C(C(=O)c3cc4cccc(OC)c4o3)=C(O)C(=O)N2CCCN(CC)CC)cc1. The Kier molecular flexibility index (Phi) is 8.18. The Bertz CT molecular complexity index is 1290. The highest BCUT2D eigenvalue weighted by Gasteiger charge is 2.44. The lowest BCUT2D eigenvalue weighted by molar-refractivity contribution is -0.129. The van der Waals surface area contributed by atoms with E-state index in [-0.39, 0.29) is 11.3 Å². The number of carbonyl (C=O) groups excluding carboxylic acids is 2. The Morgan fingerprint density at radius 2 is 1.84 bits per heavy atom. The third-order valence-corrected chi connectivity index (χ3v) is 6.77. The number of rotatable bonds is 12. The molecule has 0 aliphatic carbocycles. The largest absolute Gasteiger partial charge is 0.503 e. The summed E-state index contributed by atoms with van der Waals surface area (Å²) in [7, 11) is 1.53. The Hall–Kier alpha value is -3.78. The lowest BCUT2D eigenvalue weighted by atomic mass is 9.95. The Morgan fingerprint density at radius 3 is 2.49 bits per heavy atom. The van der Waals surface area contributed by atoms with Crippen LogP contribution in [0.4, 0.5) is 0 Å². The molecule has 8 nitrogen and oxygen atoms in total. The zero-order chi connectivity index (χ0) is 26.5. The minimum atomic E-state index is -0.748. The van der Waals surface area contributed by atoms with Gasteiger partial charge in [0.15, 0.2) is 22.9 Å². The van der Waals surface area contributed by atoms with E-state index in [4.69, 9.17) is 13.9 Å². The van der Waals surface area contributed by atoms with Crippen LogP contribution in [0.25, 0.3) is 11.0 Å². The third kappa shape index (κ3) is 5.20. The van der Waals surface area contributed by atoms with Gasteiger partial charge in [-0.05, 0) is 62.8 Å². The number of ether oxygens (including phenoxy) is 2. The van der Waals surface area contributed by atoms with Gasteiger partial charge in [0.1, 0.15) is 5.75 Å². The van der Waals surface area contributed by atoms with Gasteiger partial charge in [-0.1, -0.05) is 38.1 Å². The van der Waals surface area contributed by atoms with Crippen molar-refractivity contribution in [2.45, 2.75) is 33.2 Å². The van der Waals surface area contributed by atoms with Gasteiger partial charge in [0.05, 0.1) is 25.3 Å². The van der Waals surface area contributed by atoms with Crippen molar-refractivity contribution in [3.63, 3.8) is 0 Å². The second-order valence-electron chi connectivity index (χ2n) is 8.86. The zero-order valence-corrected chi connectivity index (χ0v) is 21.8. The van der Waals surface area contributed by atoms with E-state index in [2.05, 4.69) is 18.7 Å². The highest BCUT2D eigenvalue weighted by molar-refractivity contribution is 6.16. The summed E-state index contributed by atoms with van der Waals surface area (Å²) in [5, 5.41) is 11.7. The fourth-order valence-corrected chi connectivity index (χ4v) is 4.82. The van der Waals surface area contributed by atoms with Crippen molar-refractivity contribution in [2.24, 2.45) is 0 Å². The number of benzene rings is 2. The van der Waals surface area contributed by atoms with Crippen LogP contribution in [0.15, 0.2) is 64.3 Å². The van der Waals surface area contributed by atoms with Crippen molar-refractivity contribution in [1.82, 2.24) is 9.80 Å². The summed E-state index contributed by atoms with van der Waals surface area (Å²) >= 11 is 0. The smallest absolute Gasteiger partial charge is 0.290 e. The molecule has 0 spiro atoms. The van der Waals surface area contributed by atoms with Gasteiger partial charge in [0, 0.05) is 11.9 Å². The standard InChI is InChI=1S/C29H34N2O6/c1-5-30(6-2)16-9-17-31-25(19-12-14-21(15-13-19)36-7-3)24(27(33)29(31)34)26(32)23-18-20-10-8-11-22(35-4)28(20)37-23/h8,10-15,18,25,33H,5-7,9,16-17H2,1-4H3. The molecule has 4 rings (SSSR count). The topological polar surface area (TPSA) is 92.4 Å². The summed E-state index contributed by atoms with van der Waals surface area (Å²) in [5.74, 6) is -0.411. The highest BCUT2D eigenvalue weighted by Crippen LogP contribution is 2.40. The van der Waals surface area contributed by atoms with Crippen LogP contribution in [0.3, 0.4) is 0 Å². The van der Waals surface area contributed by atoms with Gasteiger partial charge in [-0.25, -0.2) is 0 Å². The van der Waals surface area contributed by atoms with Crippen LogP contribution in [-0.4, -0.2) is 66.5 Å². The number of amides is 1. The van der Waals surface area contributed by atoms with Crippen LogP contribution in [0.5, 0.6) is 11.5 Å². The molecule has 0 saturated heterocycles. The van der Waals surface area contributed by atoms with Crippen LogP contribution >= 0.6 is 0 Å². The molecule has 1 aliphatic rings. The number of hydrogen-bond donors (Lipinski definition) is 1. The summed E-state index contributed by atoms with van der Waals surface area (Å²) in [4.78, 5) is 30.9. The number of methoxy groups -OCH3 is 1. The first kappa shape index (κ1) is 26.3. The predicted molar refractivity (Wildman–Crippen MR) is 141 cm³/mol. The van der Waals surface area contributed by atoms with Gasteiger partial charge in [-0.2, -0.15) is 0 Å². The van der Waals surface area contributed by atoms with Gasteiger partial charge < -0.3 is 28.8 Å². The number of fused-ring (bicyclic) bond motifs is 1. The molecule has 1 amide bonds. The predicted octanol–water partition coefficient (Wildman–Crippen LogP) is 5.15. The Balaban J connectivity index is 1.71. The molecule has 1 aromatic heterocycles. The van der Waals surface area contributed by atoms with E-state index in [1.165, 1.54) is 7.11 Å². The minimum Gasteiger partial charge on any atom is -0.503 e. The summed E-state index contributed by atoms with van der Waals surface area (Å²) in [6.45, 7) is 9.65. The molecule has 0 bridgehead atoms. The molecule has 2 aromatic carbocycles.